The summed E-state index contributed by atoms with van der Waals surface area (Å²) in [7, 11) is 0. The first kappa shape index (κ1) is 23.6. The largest absolute Gasteiger partial charge is 0.463 e. The van der Waals surface area contributed by atoms with Crippen LogP contribution in [0.5, 0.6) is 0 Å². The van der Waals surface area contributed by atoms with Crippen LogP contribution in [0.3, 0.4) is 0 Å². The van der Waals surface area contributed by atoms with E-state index in [1.807, 2.05) is 6.92 Å². The molecule has 1 aliphatic carbocycles. The molecule has 1 heterocycles. The zero-order valence-electron chi connectivity index (χ0n) is 19.5. The van der Waals surface area contributed by atoms with Gasteiger partial charge in [-0.15, -0.1) is 0 Å². The standard InChI is InChI=1S/C26H38N2O3/c1-5-7-25(30)31-19-24(29)18-28(22-13-14-22)17-23-8-6-15-27(23)16-20-9-11-21(12-10-20)26(2,3)4/h6,8-12,15,22,24,29H,5,7,13-14,16-19H2,1-4H3/t24-/m0/s1. The molecule has 1 aliphatic rings. The first-order valence-electron chi connectivity index (χ1n) is 11.6. The van der Waals surface area contributed by atoms with Gasteiger partial charge < -0.3 is 14.4 Å². The number of ether oxygens (including phenoxy) is 1. The molecule has 1 aromatic heterocycles. The van der Waals surface area contributed by atoms with Crippen LogP contribution in [-0.2, 0) is 28.0 Å². The van der Waals surface area contributed by atoms with Crippen molar-refractivity contribution < 1.29 is 14.6 Å². The summed E-state index contributed by atoms with van der Waals surface area (Å²) in [6.45, 7) is 10.9. The van der Waals surface area contributed by atoms with Crippen molar-refractivity contribution in [3.8, 4) is 0 Å². The van der Waals surface area contributed by atoms with E-state index < -0.39 is 6.10 Å². The van der Waals surface area contributed by atoms with Gasteiger partial charge in [0.25, 0.3) is 0 Å². The van der Waals surface area contributed by atoms with E-state index in [0.717, 1.165) is 32.4 Å². The Hall–Kier alpha value is -2.11. The van der Waals surface area contributed by atoms with Crippen LogP contribution in [0.15, 0.2) is 42.6 Å². The summed E-state index contributed by atoms with van der Waals surface area (Å²) >= 11 is 0. The van der Waals surface area contributed by atoms with Crippen LogP contribution in [-0.4, -0.2) is 45.8 Å². The van der Waals surface area contributed by atoms with Crippen LogP contribution in [0, 0.1) is 0 Å². The summed E-state index contributed by atoms with van der Waals surface area (Å²) < 4.78 is 7.48. The maximum Gasteiger partial charge on any atom is 0.305 e. The third kappa shape index (κ3) is 7.22. The molecule has 1 saturated carbocycles. The molecular weight excluding hydrogens is 388 g/mol. The Balaban J connectivity index is 1.59. The molecule has 0 saturated heterocycles. The fraction of sp³-hybridized carbons (Fsp3) is 0.577. The van der Waals surface area contributed by atoms with E-state index in [9.17, 15) is 9.90 Å². The van der Waals surface area contributed by atoms with Gasteiger partial charge in [0.05, 0.1) is 0 Å². The van der Waals surface area contributed by atoms with Crippen molar-refractivity contribution in [2.24, 2.45) is 0 Å². The van der Waals surface area contributed by atoms with Gasteiger partial charge in [-0.05, 0) is 47.9 Å². The van der Waals surface area contributed by atoms with E-state index in [4.69, 9.17) is 4.74 Å². The molecule has 1 fully saturated rings. The maximum atomic E-state index is 11.6. The van der Waals surface area contributed by atoms with E-state index in [1.165, 1.54) is 16.8 Å². The Morgan fingerprint density at radius 2 is 1.94 bits per heavy atom. The molecule has 0 amide bonds. The summed E-state index contributed by atoms with van der Waals surface area (Å²) in [6.07, 6.45) is 4.97. The Morgan fingerprint density at radius 1 is 1.23 bits per heavy atom. The minimum Gasteiger partial charge on any atom is -0.463 e. The van der Waals surface area contributed by atoms with Gasteiger partial charge in [-0.2, -0.15) is 0 Å². The number of carbonyl (C=O) groups is 1. The van der Waals surface area contributed by atoms with Gasteiger partial charge in [0.15, 0.2) is 0 Å². The molecule has 0 unspecified atom stereocenters. The molecule has 1 atom stereocenters. The fourth-order valence-electron chi connectivity index (χ4n) is 3.83. The van der Waals surface area contributed by atoms with Crippen LogP contribution < -0.4 is 0 Å². The molecule has 5 nitrogen and oxygen atoms in total. The van der Waals surface area contributed by atoms with Gasteiger partial charge in [-0.25, -0.2) is 0 Å². The minimum atomic E-state index is -0.658. The number of aliphatic hydroxyl groups is 1. The number of hydrogen-bond donors (Lipinski definition) is 1. The third-order valence-corrected chi connectivity index (χ3v) is 5.86. The molecule has 0 spiro atoms. The molecule has 31 heavy (non-hydrogen) atoms. The second-order valence-corrected chi connectivity index (χ2v) is 9.82. The number of hydrogen-bond acceptors (Lipinski definition) is 4. The summed E-state index contributed by atoms with van der Waals surface area (Å²) in [5.74, 6) is -0.231. The predicted molar refractivity (Wildman–Crippen MR) is 124 cm³/mol. The van der Waals surface area contributed by atoms with E-state index in [1.54, 1.807) is 0 Å². The van der Waals surface area contributed by atoms with Crippen molar-refractivity contribution in [2.45, 2.75) is 84.0 Å². The summed E-state index contributed by atoms with van der Waals surface area (Å²) in [5.41, 5.74) is 4.03. The lowest BCUT2D eigenvalue weighted by molar-refractivity contribution is -0.147. The number of esters is 1. The second-order valence-electron chi connectivity index (χ2n) is 9.82. The van der Waals surface area contributed by atoms with Crippen molar-refractivity contribution in [3.05, 3.63) is 59.4 Å². The third-order valence-electron chi connectivity index (χ3n) is 5.86. The van der Waals surface area contributed by atoms with Gasteiger partial charge in [-0.1, -0.05) is 52.0 Å². The van der Waals surface area contributed by atoms with Gasteiger partial charge >= 0.3 is 5.97 Å². The topological polar surface area (TPSA) is 54.7 Å². The summed E-state index contributed by atoms with van der Waals surface area (Å²) in [5, 5.41) is 10.4. The number of nitrogens with zero attached hydrogens (tertiary/aromatic N) is 2. The normalized spacial score (nSPS) is 15.3. The maximum absolute atomic E-state index is 11.6. The highest BCUT2D eigenvalue weighted by Crippen LogP contribution is 2.29. The number of benzene rings is 1. The van der Waals surface area contributed by atoms with Crippen LogP contribution in [0.2, 0.25) is 0 Å². The summed E-state index contributed by atoms with van der Waals surface area (Å²) in [6, 6.07) is 13.7. The summed E-state index contributed by atoms with van der Waals surface area (Å²) in [4.78, 5) is 13.9. The molecule has 170 valence electrons. The van der Waals surface area contributed by atoms with Gasteiger partial charge in [0, 0.05) is 44.0 Å². The second kappa shape index (κ2) is 10.5. The molecule has 2 aromatic rings. The quantitative estimate of drug-likeness (QED) is 0.538. The lowest BCUT2D eigenvalue weighted by Crippen LogP contribution is -2.37. The molecule has 3 rings (SSSR count). The molecule has 0 bridgehead atoms. The molecule has 1 aromatic carbocycles. The zero-order chi connectivity index (χ0) is 22.4. The van der Waals surface area contributed by atoms with Gasteiger partial charge in [0.2, 0.25) is 0 Å². The lowest BCUT2D eigenvalue weighted by Gasteiger charge is -2.25. The first-order chi connectivity index (χ1) is 14.8. The van der Waals surface area contributed by atoms with Crippen molar-refractivity contribution in [2.75, 3.05) is 13.2 Å². The van der Waals surface area contributed by atoms with Gasteiger partial charge in [-0.3, -0.25) is 9.69 Å². The SMILES string of the molecule is CCCC(=O)OC[C@@H](O)CN(Cc1cccn1Cc1ccc(C(C)(C)C)cc1)C1CC1. The molecule has 0 aliphatic heterocycles. The van der Waals surface area contributed by atoms with Crippen LogP contribution in [0.1, 0.15) is 70.2 Å². The number of aliphatic hydroxyl groups excluding tert-OH is 1. The Morgan fingerprint density at radius 3 is 2.55 bits per heavy atom. The average molecular weight is 427 g/mol. The van der Waals surface area contributed by atoms with E-state index >= 15 is 0 Å². The Labute approximate surface area is 187 Å². The number of rotatable bonds is 11. The van der Waals surface area contributed by atoms with Crippen molar-refractivity contribution in [1.29, 1.82) is 0 Å². The van der Waals surface area contributed by atoms with Crippen LogP contribution in [0.25, 0.3) is 0 Å². The highest BCUT2D eigenvalue weighted by atomic mass is 16.5. The minimum absolute atomic E-state index is 0.0726. The smallest absolute Gasteiger partial charge is 0.305 e. The first-order valence-corrected chi connectivity index (χ1v) is 11.6. The highest BCUT2D eigenvalue weighted by Gasteiger charge is 2.31. The Bertz CT molecular complexity index is 831. The molecule has 5 heteroatoms. The molecular formula is C26H38N2O3. The fourth-order valence-corrected chi connectivity index (χ4v) is 3.83. The molecule has 0 radical (unpaired) electrons. The lowest BCUT2D eigenvalue weighted by atomic mass is 9.87. The number of carbonyl (C=O) groups excluding carboxylic acids is 1. The van der Waals surface area contributed by atoms with Crippen molar-refractivity contribution >= 4 is 5.97 Å². The van der Waals surface area contributed by atoms with Crippen molar-refractivity contribution in [3.63, 3.8) is 0 Å². The zero-order valence-corrected chi connectivity index (χ0v) is 19.5. The van der Waals surface area contributed by atoms with Crippen LogP contribution >= 0.6 is 0 Å². The van der Waals surface area contributed by atoms with Gasteiger partial charge in [0.1, 0.15) is 12.7 Å². The Kier molecular flexibility index (Phi) is 7.95. The van der Waals surface area contributed by atoms with E-state index in [0.29, 0.717) is 19.0 Å². The highest BCUT2D eigenvalue weighted by molar-refractivity contribution is 5.69. The average Bonchev–Trinajstić information content (AvgIpc) is 3.48. The monoisotopic (exact) mass is 426 g/mol. The van der Waals surface area contributed by atoms with E-state index in [2.05, 4.69) is 72.8 Å². The van der Waals surface area contributed by atoms with E-state index in [-0.39, 0.29) is 18.0 Å². The molecule has 1 N–H and O–H groups in total. The van der Waals surface area contributed by atoms with Crippen LogP contribution in [0.4, 0.5) is 0 Å². The predicted octanol–water partition coefficient (Wildman–Crippen LogP) is 4.50. The van der Waals surface area contributed by atoms with Crippen molar-refractivity contribution in [1.82, 2.24) is 9.47 Å². The number of aromatic nitrogens is 1.